The smallest absolute Gasteiger partial charge is 0.379 e. The van der Waals surface area contributed by atoms with Gasteiger partial charge in [0.25, 0.3) is 0 Å². The van der Waals surface area contributed by atoms with Crippen LogP contribution in [0.25, 0.3) is 0 Å². The summed E-state index contributed by atoms with van der Waals surface area (Å²) in [7, 11) is -3.06. The van der Waals surface area contributed by atoms with Crippen LogP contribution in [0.15, 0.2) is 29.2 Å². The van der Waals surface area contributed by atoms with E-state index in [1.54, 1.807) is 0 Å². The summed E-state index contributed by atoms with van der Waals surface area (Å²) in [6.07, 6.45) is 4.38. The minimum absolute atomic E-state index is 0.193. The molecule has 1 aliphatic rings. The molecule has 1 aromatic rings. The SMILES string of the molecule is COS(=O)(=O)O.C[S+](C)c1ccc(C(=O)C(C)(C)N2CCOCC2)cc1. The molecule has 9 heteroatoms. The van der Waals surface area contributed by atoms with Gasteiger partial charge in [0.15, 0.2) is 10.7 Å². The summed E-state index contributed by atoms with van der Waals surface area (Å²) in [5.41, 5.74) is 0.335. The molecule has 1 aliphatic heterocycles. The molecule has 0 bridgehead atoms. The van der Waals surface area contributed by atoms with Crippen molar-refractivity contribution in [1.29, 1.82) is 0 Å². The molecule has 26 heavy (non-hydrogen) atoms. The second kappa shape index (κ2) is 9.82. The molecular formula is C17H28NO6S2+. The first-order chi connectivity index (χ1) is 12.0. The number of hydrogen-bond acceptors (Lipinski definition) is 6. The van der Waals surface area contributed by atoms with Gasteiger partial charge >= 0.3 is 10.4 Å². The van der Waals surface area contributed by atoms with Crippen LogP contribution >= 0.6 is 0 Å². The summed E-state index contributed by atoms with van der Waals surface area (Å²) < 4.78 is 35.1. The van der Waals surface area contributed by atoms with Crippen LogP contribution in [0.4, 0.5) is 0 Å². The fourth-order valence-corrected chi connectivity index (χ4v) is 3.18. The van der Waals surface area contributed by atoms with E-state index in [2.05, 4.69) is 33.7 Å². The van der Waals surface area contributed by atoms with Gasteiger partial charge in [0.2, 0.25) is 0 Å². The number of ketones is 1. The lowest BCUT2D eigenvalue weighted by Crippen LogP contribution is -2.54. The Morgan fingerprint density at radius 2 is 1.65 bits per heavy atom. The fraction of sp³-hybridized carbons (Fsp3) is 0.588. The highest BCUT2D eigenvalue weighted by Crippen LogP contribution is 2.22. The van der Waals surface area contributed by atoms with E-state index < -0.39 is 15.9 Å². The molecule has 0 radical (unpaired) electrons. The molecule has 0 unspecified atom stereocenters. The van der Waals surface area contributed by atoms with Gasteiger partial charge in [0.05, 0.1) is 25.9 Å². The first-order valence-electron chi connectivity index (χ1n) is 8.07. The Labute approximate surface area is 159 Å². The molecule has 0 spiro atoms. The number of Topliss-reactive ketones (excluding diaryl/α,β-unsaturated/α-hetero) is 1. The summed E-state index contributed by atoms with van der Waals surface area (Å²) >= 11 is 0. The van der Waals surface area contributed by atoms with Gasteiger partial charge in [-0.1, -0.05) is 0 Å². The molecule has 148 valence electrons. The summed E-state index contributed by atoms with van der Waals surface area (Å²) in [5.74, 6) is 0.193. The normalized spacial score (nSPS) is 16.1. The number of nitrogens with zero attached hydrogens (tertiary/aromatic N) is 1. The molecule has 1 heterocycles. The lowest BCUT2D eigenvalue weighted by molar-refractivity contribution is -0.00430. The Kier molecular flexibility index (Phi) is 8.71. The molecule has 1 fully saturated rings. The van der Waals surface area contributed by atoms with Gasteiger partial charge in [-0.3, -0.25) is 18.4 Å². The first-order valence-corrected chi connectivity index (χ1v) is 11.5. The maximum absolute atomic E-state index is 12.8. The Bertz CT molecular complexity index is 680. The van der Waals surface area contributed by atoms with Crippen molar-refractivity contribution in [3.05, 3.63) is 29.8 Å². The fourth-order valence-electron chi connectivity index (χ4n) is 2.50. The van der Waals surface area contributed by atoms with Gasteiger partial charge in [-0.25, -0.2) is 0 Å². The van der Waals surface area contributed by atoms with Crippen molar-refractivity contribution in [3.8, 4) is 0 Å². The van der Waals surface area contributed by atoms with Crippen LogP contribution in [-0.4, -0.2) is 75.1 Å². The number of carbonyl (C=O) groups excluding carboxylic acids is 1. The highest BCUT2D eigenvalue weighted by atomic mass is 32.3. The van der Waals surface area contributed by atoms with Gasteiger partial charge < -0.3 is 4.74 Å². The third-order valence-corrected chi connectivity index (χ3v) is 5.79. The molecule has 0 saturated carbocycles. The molecule has 0 amide bonds. The van der Waals surface area contributed by atoms with Crippen LogP contribution in [0.5, 0.6) is 0 Å². The summed E-state index contributed by atoms with van der Waals surface area (Å²) in [5, 5.41) is 0. The van der Waals surface area contributed by atoms with Crippen molar-refractivity contribution < 1.29 is 26.7 Å². The lowest BCUT2D eigenvalue weighted by Gasteiger charge is -2.39. The van der Waals surface area contributed by atoms with E-state index in [1.165, 1.54) is 4.90 Å². The maximum Gasteiger partial charge on any atom is 0.397 e. The second-order valence-corrected chi connectivity index (χ2v) is 9.72. The van der Waals surface area contributed by atoms with Gasteiger partial charge in [-0.15, -0.1) is 0 Å². The Morgan fingerprint density at radius 3 is 2.04 bits per heavy atom. The lowest BCUT2D eigenvalue weighted by atomic mass is 9.91. The molecule has 7 nitrogen and oxygen atoms in total. The topological polar surface area (TPSA) is 93.1 Å². The van der Waals surface area contributed by atoms with Crippen LogP contribution in [0.1, 0.15) is 24.2 Å². The van der Waals surface area contributed by atoms with E-state index in [1.807, 2.05) is 26.0 Å². The zero-order valence-corrected chi connectivity index (χ0v) is 17.5. The van der Waals surface area contributed by atoms with Crippen LogP contribution < -0.4 is 0 Å². The number of carbonyl (C=O) groups is 1. The third kappa shape index (κ3) is 6.98. The highest BCUT2D eigenvalue weighted by molar-refractivity contribution is 7.95. The Morgan fingerprint density at radius 1 is 1.19 bits per heavy atom. The minimum atomic E-state index is -4.16. The average molecular weight is 407 g/mol. The number of hydrogen-bond donors (Lipinski definition) is 1. The van der Waals surface area contributed by atoms with Crippen LogP contribution in [0.2, 0.25) is 0 Å². The van der Waals surface area contributed by atoms with Crippen molar-refractivity contribution in [1.82, 2.24) is 4.90 Å². The predicted molar refractivity (Wildman–Crippen MR) is 103 cm³/mol. The number of benzene rings is 1. The van der Waals surface area contributed by atoms with E-state index in [9.17, 15) is 13.2 Å². The summed E-state index contributed by atoms with van der Waals surface area (Å²) in [6.45, 7) is 7.10. The van der Waals surface area contributed by atoms with E-state index in [0.29, 0.717) is 13.2 Å². The van der Waals surface area contributed by atoms with Crippen molar-refractivity contribution in [2.75, 3.05) is 45.9 Å². The van der Waals surface area contributed by atoms with Gasteiger partial charge in [0, 0.05) is 29.5 Å². The average Bonchev–Trinajstić information content (AvgIpc) is 2.61. The standard InChI is InChI=1S/C16H24NO2S.CH4O4S/c1-16(2,17-9-11-19-12-10-17)15(18)13-5-7-14(8-6-13)20(3)4;1-5-6(2,3)4/h5-8H,9-12H2,1-4H3;1H3,(H,2,3,4)/q+1;. The number of ether oxygens (including phenoxy) is 1. The highest BCUT2D eigenvalue weighted by Gasteiger charge is 2.35. The predicted octanol–water partition coefficient (Wildman–Crippen LogP) is 1.65. The van der Waals surface area contributed by atoms with Crippen molar-refractivity contribution in [3.63, 3.8) is 0 Å². The quantitative estimate of drug-likeness (QED) is 0.451. The first kappa shape index (κ1) is 23.1. The summed E-state index contributed by atoms with van der Waals surface area (Å²) in [4.78, 5) is 16.3. The van der Waals surface area contributed by atoms with Gasteiger partial charge in [0.1, 0.15) is 12.5 Å². The van der Waals surface area contributed by atoms with E-state index >= 15 is 0 Å². The molecule has 1 saturated heterocycles. The van der Waals surface area contributed by atoms with Crippen molar-refractivity contribution in [2.45, 2.75) is 24.3 Å². The molecule has 0 aromatic heterocycles. The Hall–Kier alpha value is -0.970. The zero-order chi connectivity index (χ0) is 20.0. The molecule has 1 aromatic carbocycles. The van der Waals surface area contributed by atoms with Crippen LogP contribution in [0, 0.1) is 0 Å². The van der Waals surface area contributed by atoms with E-state index in [4.69, 9.17) is 9.29 Å². The molecule has 2 rings (SSSR count). The van der Waals surface area contributed by atoms with Crippen molar-refractivity contribution in [2.24, 2.45) is 0 Å². The summed E-state index contributed by atoms with van der Waals surface area (Å²) in [6, 6.07) is 8.08. The monoisotopic (exact) mass is 406 g/mol. The number of rotatable bonds is 5. The third-order valence-electron chi connectivity index (χ3n) is 4.16. The second-order valence-electron chi connectivity index (χ2n) is 6.42. The maximum atomic E-state index is 12.8. The minimum Gasteiger partial charge on any atom is -0.379 e. The Balaban J connectivity index is 0.000000487. The molecule has 0 atom stereocenters. The van der Waals surface area contributed by atoms with Gasteiger partial charge in [-0.05, 0) is 38.1 Å². The van der Waals surface area contributed by atoms with Gasteiger partial charge in [-0.2, -0.15) is 8.42 Å². The molecule has 1 N–H and O–H groups in total. The number of morpholine rings is 1. The van der Waals surface area contributed by atoms with Crippen LogP contribution in [0.3, 0.4) is 0 Å². The van der Waals surface area contributed by atoms with E-state index in [-0.39, 0.29) is 16.7 Å². The van der Waals surface area contributed by atoms with E-state index in [0.717, 1.165) is 25.8 Å². The largest absolute Gasteiger partial charge is 0.397 e. The molecular weight excluding hydrogens is 378 g/mol. The zero-order valence-electron chi connectivity index (χ0n) is 15.9. The molecule has 0 aliphatic carbocycles. The van der Waals surface area contributed by atoms with Crippen molar-refractivity contribution >= 4 is 27.1 Å². The van der Waals surface area contributed by atoms with Crippen LogP contribution in [-0.2, 0) is 30.2 Å².